The van der Waals surface area contributed by atoms with Gasteiger partial charge < -0.3 is 0 Å². The van der Waals surface area contributed by atoms with Crippen LogP contribution in [0.4, 0.5) is 0 Å². The van der Waals surface area contributed by atoms with E-state index in [1.807, 2.05) is 11.7 Å². The fourth-order valence-corrected chi connectivity index (χ4v) is 3.10. The molecule has 1 saturated heterocycles. The van der Waals surface area contributed by atoms with E-state index in [-0.39, 0.29) is 0 Å². The Bertz CT molecular complexity index is 436. The molecule has 1 aliphatic rings. The fourth-order valence-electron chi connectivity index (χ4n) is 3.10. The summed E-state index contributed by atoms with van der Waals surface area (Å²) >= 11 is 0. The summed E-state index contributed by atoms with van der Waals surface area (Å²) in [5.74, 6) is 0. The minimum absolute atomic E-state index is 0.638. The van der Waals surface area contributed by atoms with Gasteiger partial charge in [0.15, 0.2) is 0 Å². The van der Waals surface area contributed by atoms with Crippen LogP contribution in [0.25, 0.3) is 0 Å². The molecule has 1 aromatic rings. The van der Waals surface area contributed by atoms with Crippen LogP contribution in [0.2, 0.25) is 0 Å². The van der Waals surface area contributed by atoms with Crippen LogP contribution in [-0.2, 0) is 13.6 Å². The van der Waals surface area contributed by atoms with Gasteiger partial charge in [-0.05, 0) is 40.2 Å². The highest BCUT2D eigenvalue weighted by Crippen LogP contribution is 2.17. The highest BCUT2D eigenvalue weighted by molar-refractivity contribution is 5.23. The van der Waals surface area contributed by atoms with Crippen molar-refractivity contribution in [3.05, 3.63) is 17.0 Å². The van der Waals surface area contributed by atoms with Crippen molar-refractivity contribution in [2.45, 2.75) is 53.2 Å². The first-order valence-electron chi connectivity index (χ1n) is 7.37. The Morgan fingerprint density at radius 2 is 1.95 bits per heavy atom. The summed E-state index contributed by atoms with van der Waals surface area (Å²) in [6.45, 7) is 15.7. The highest BCUT2D eigenvalue weighted by Gasteiger charge is 2.26. The zero-order valence-electron chi connectivity index (χ0n) is 13.3. The van der Waals surface area contributed by atoms with E-state index in [1.165, 1.54) is 23.5 Å². The summed E-state index contributed by atoms with van der Waals surface area (Å²) in [5, 5.41) is 4.64. The highest BCUT2D eigenvalue weighted by atomic mass is 15.3. The Labute approximate surface area is 117 Å². The summed E-state index contributed by atoms with van der Waals surface area (Å²) in [7, 11) is 2.03. The molecule has 0 aliphatic carbocycles. The number of hydrogen-bond donors (Lipinski definition) is 0. The van der Waals surface area contributed by atoms with E-state index in [0.717, 1.165) is 19.6 Å². The predicted molar refractivity (Wildman–Crippen MR) is 79.3 cm³/mol. The monoisotopic (exact) mass is 264 g/mol. The van der Waals surface area contributed by atoms with Gasteiger partial charge in [-0.3, -0.25) is 14.5 Å². The van der Waals surface area contributed by atoms with Crippen molar-refractivity contribution in [1.29, 1.82) is 0 Å². The van der Waals surface area contributed by atoms with Crippen molar-refractivity contribution in [3.8, 4) is 0 Å². The summed E-state index contributed by atoms with van der Waals surface area (Å²) in [6.07, 6.45) is 0. The average Bonchev–Trinajstić information content (AvgIpc) is 2.57. The molecule has 1 aromatic heterocycles. The normalized spacial score (nSPS) is 22.4. The topological polar surface area (TPSA) is 24.3 Å². The summed E-state index contributed by atoms with van der Waals surface area (Å²) < 4.78 is 2.00. The summed E-state index contributed by atoms with van der Waals surface area (Å²) in [6, 6.07) is 1.29. The van der Waals surface area contributed by atoms with Gasteiger partial charge in [0.2, 0.25) is 0 Å². The number of aromatic nitrogens is 2. The van der Waals surface area contributed by atoms with Gasteiger partial charge in [-0.2, -0.15) is 5.10 Å². The largest absolute Gasteiger partial charge is 0.296 e. The molecule has 4 nitrogen and oxygen atoms in total. The maximum absolute atomic E-state index is 4.64. The first-order valence-corrected chi connectivity index (χ1v) is 7.37. The Morgan fingerprint density at radius 1 is 1.26 bits per heavy atom. The first-order chi connectivity index (χ1) is 8.90. The third-order valence-electron chi connectivity index (χ3n) is 4.53. The van der Waals surface area contributed by atoms with Gasteiger partial charge in [-0.25, -0.2) is 0 Å². The number of rotatable bonds is 3. The van der Waals surface area contributed by atoms with Gasteiger partial charge in [0.05, 0.1) is 5.69 Å². The van der Waals surface area contributed by atoms with Crippen LogP contribution in [0, 0.1) is 13.8 Å². The molecule has 0 spiro atoms. The number of hydrogen-bond acceptors (Lipinski definition) is 3. The zero-order valence-corrected chi connectivity index (χ0v) is 13.3. The summed E-state index contributed by atoms with van der Waals surface area (Å²) in [5.41, 5.74) is 3.87. The van der Waals surface area contributed by atoms with E-state index >= 15 is 0 Å². The lowest BCUT2D eigenvalue weighted by molar-refractivity contribution is 0.0556. The van der Waals surface area contributed by atoms with Crippen molar-refractivity contribution in [3.63, 3.8) is 0 Å². The van der Waals surface area contributed by atoms with E-state index in [2.05, 4.69) is 49.5 Å². The van der Waals surface area contributed by atoms with E-state index in [0.29, 0.717) is 12.1 Å². The van der Waals surface area contributed by atoms with Crippen LogP contribution < -0.4 is 0 Å². The molecule has 1 aliphatic heterocycles. The van der Waals surface area contributed by atoms with Crippen LogP contribution in [0.5, 0.6) is 0 Å². The molecule has 0 saturated carbocycles. The van der Waals surface area contributed by atoms with Crippen molar-refractivity contribution in [2.24, 2.45) is 7.05 Å². The Kier molecular flexibility index (Phi) is 4.31. The maximum atomic E-state index is 4.64. The second-order valence-electron chi connectivity index (χ2n) is 6.20. The molecular weight excluding hydrogens is 236 g/mol. The molecule has 0 radical (unpaired) electrons. The van der Waals surface area contributed by atoms with E-state index < -0.39 is 0 Å². The molecule has 1 atom stereocenters. The Hall–Kier alpha value is -0.870. The summed E-state index contributed by atoms with van der Waals surface area (Å²) in [4.78, 5) is 5.13. The smallest absolute Gasteiger partial charge is 0.0796 e. The van der Waals surface area contributed by atoms with Gasteiger partial charge in [-0.1, -0.05) is 0 Å². The lowest BCUT2D eigenvalue weighted by Crippen LogP contribution is -2.53. The van der Waals surface area contributed by atoms with Gasteiger partial charge in [0, 0.05) is 51.0 Å². The molecule has 1 fully saturated rings. The van der Waals surface area contributed by atoms with Crippen LogP contribution in [0.15, 0.2) is 0 Å². The number of aryl methyl sites for hydroxylation is 1. The third-order valence-corrected chi connectivity index (χ3v) is 4.53. The lowest BCUT2D eigenvalue weighted by atomic mass is 10.1. The van der Waals surface area contributed by atoms with Crippen molar-refractivity contribution in [1.82, 2.24) is 19.6 Å². The number of piperazine rings is 1. The van der Waals surface area contributed by atoms with Crippen LogP contribution >= 0.6 is 0 Å². The molecule has 0 unspecified atom stereocenters. The van der Waals surface area contributed by atoms with Crippen molar-refractivity contribution in [2.75, 3.05) is 19.6 Å². The first kappa shape index (κ1) is 14.5. The molecule has 2 rings (SSSR count). The maximum Gasteiger partial charge on any atom is 0.0796 e. The third kappa shape index (κ3) is 3.00. The Morgan fingerprint density at radius 3 is 2.42 bits per heavy atom. The molecule has 0 aromatic carbocycles. The molecule has 0 bridgehead atoms. The van der Waals surface area contributed by atoms with Crippen LogP contribution in [0.3, 0.4) is 0 Å². The Balaban J connectivity index is 2.00. The van der Waals surface area contributed by atoms with E-state index in [4.69, 9.17) is 0 Å². The fraction of sp³-hybridized carbons (Fsp3) is 0.800. The van der Waals surface area contributed by atoms with E-state index in [1.54, 1.807) is 0 Å². The lowest BCUT2D eigenvalue weighted by Gasteiger charge is -2.41. The molecule has 0 amide bonds. The van der Waals surface area contributed by atoms with Gasteiger partial charge in [0.1, 0.15) is 0 Å². The zero-order chi connectivity index (χ0) is 14.2. The standard InChI is InChI=1S/C15H28N4/c1-11(2)19-8-7-18(9-12(19)3)10-15-13(4)14(5)17(6)16-15/h11-12H,7-10H2,1-6H3/t12-/m0/s1. The average molecular weight is 264 g/mol. The quantitative estimate of drug-likeness (QED) is 0.834. The molecule has 108 valence electrons. The second kappa shape index (κ2) is 5.63. The SMILES string of the molecule is Cc1c(CN2CCN(C(C)C)[C@@H](C)C2)nn(C)c1C. The molecular formula is C15H28N4. The molecule has 4 heteroatoms. The van der Waals surface area contributed by atoms with Gasteiger partial charge >= 0.3 is 0 Å². The second-order valence-corrected chi connectivity index (χ2v) is 6.20. The van der Waals surface area contributed by atoms with Crippen LogP contribution in [0.1, 0.15) is 37.7 Å². The molecule has 2 heterocycles. The molecule has 19 heavy (non-hydrogen) atoms. The van der Waals surface area contributed by atoms with E-state index in [9.17, 15) is 0 Å². The van der Waals surface area contributed by atoms with Gasteiger partial charge in [0.25, 0.3) is 0 Å². The van der Waals surface area contributed by atoms with Crippen molar-refractivity contribution >= 4 is 0 Å². The predicted octanol–water partition coefficient (Wildman–Crippen LogP) is 1.95. The van der Waals surface area contributed by atoms with Crippen molar-refractivity contribution < 1.29 is 0 Å². The molecule has 0 N–H and O–H groups in total. The van der Waals surface area contributed by atoms with Gasteiger partial charge in [-0.15, -0.1) is 0 Å². The minimum Gasteiger partial charge on any atom is -0.296 e. The minimum atomic E-state index is 0.638. The number of nitrogens with zero attached hydrogens (tertiary/aromatic N) is 4. The van der Waals surface area contributed by atoms with Crippen LogP contribution in [-0.4, -0.2) is 51.3 Å².